The number of benzene rings is 2. The van der Waals surface area contributed by atoms with E-state index in [0.717, 1.165) is 50.6 Å². The number of hydrogen-bond acceptors (Lipinski definition) is 4. The summed E-state index contributed by atoms with van der Waals surface area (Å²) in [5.41, 5.74) is 2.58. The van der Waals surface area contributed by atoms with Crippen molar-refractivity contribution >= 4 is 5.69 Å². The van der Waals surface area contributed by atoms with Gasteiger partial charge in [-0.05, 0) is 50.1 Å². The lowest BCUT2D eigenvalue weighted by Gasteiger charge is -2.37. The van der Waals surface area contributed by atoms with Crippen LogP contribution in [0, 0.1) is 0 Å². The van der Waals surface area contributed by atoms with Gasteiger partial charge in [0.2, 0.25) is 0 Å². The molecule has 1 aliphatic rings. The van der Waals surface area contributed by atoms with E-state index >= 15 is 0 Å². The van der Waals surface area contributed by atoms with Gasteiger partial charge in [0.1, 0.15) is 11.5 Å². The lowest BCUT2D eigenvalue weighted by atomic mass is 10.1. The van der Waals surface area contributed by atoms with Crippen LogP contribution in [0.2, 0.25) is 0 Å². The first-order chi connectivity index (χ1) is 12.7. The Kier molecular flexibility index (Phi) is 6.40. The van der Waals surface area contributed by atoms with Crippen LogP contribution in [0.15, 0.2) is 48.5 Å². The van der Waals surface area contributed by atoms with Crippen molar-refractivity contribution in [1.82, 2.24) is 4.90 Å². The highest BCUT2D eigenvalue weighted by atomic mass is 16.5. The Bertz CT molecular complexity index is 677. The Morgan fingerprint density at radius 3 is 2.27 bits per heavy atom. The van der Waals surface area contributed by atoms with Gasteiger partial charge in [0.25, 0.3) is 0 Å². The van der Waals surface area contributed by atoms with Crippen molar-refractivity contribution in [2.24, 2.45) is 0 Å². The summed E-state index contributed by atoms with van der Waals surface area (Å²) in [5.74, 6) is 1.92. The molecule has 0 saturated carbocycles. The average Bonchev–Trinajstić information content (AvgIpc) is 2.67. The molecule has 0 radical (unpaired) electrons. The second kappa shape index (κ2) is 8.95. The first-order valence-electron chi connectivity index (χ1n) is 9.51. The van der Waals surface area contributed by atoms with Crippen molar-refractivity contribution in [3.63, 3.8) is 0 Å². The quantitative estimate of drug-likeness (QED) is 0.754. The third kappa shape index (κ3) is 4.92. The van der Waals surface area contributed by atoms with Gasteiger partial charge in [-0.2, -0.15) is 0 Å². The molecule has 0 amide bonds. The zero-order chi connectivity index (χ0) is 18.4. The Labute approximate surface area is 157 Å². The van der Waals surface area contributed by atoms with Crippen LogP contribution < -0.4 is 14.4 Å². The third-order valence-electron chi connectivity index (χ3n) is 4.82. The predicted octanol–water partition coefficient (Wildman–Crippen LogP) is 3.85. The molecule has 0 bridgehead atoms. The van der Waals surface area contributed by atoms with Gasteiger partial charge in [0.15, 0.2) is 0 Å². The van der Waals surface area contributed by atoms with Crippen molar-refractivity contribution in [3.8, 4) is 11.5 Å². The Balaban J connectivity index is 1.51. The van der Waals surface area contributed by atoms with E-state index in [9.17, 15) is 0 Å². The molecule has 2 aromatic rings. The Morgan fingerprint density at radius 2 is 1.62 bits per heavy atom. The first kappa shape index (κ1) is 18.6. The number of para-hydroxylation sites is 2. The number of ether oxygens (including phenoxy) is 2. The largest absolute Gasteiger partial charge is 0.497 e. The number of rotatable bonds is 7. The van der Waals surface area contributed by atoms with E-state index < -0.39 is 0 Å². The van der Waals surface area contributed by atoms with Crippen molar-refractivity contribution in [2.45, 2.75) is 26.4 Å². The van der Waals surface area contributed by atoms with Crippen LogP contribution >= 0.6 is 0 Å². The van der Waals surface area contributed by atoms with Gasteiger partial charge in [-0.3, -0.25) is 4.90 Å². The van der Waals surface area contributed by atoms with Gasteiger partial charge in [0.05, 0.1) is 18.9 Å². The zero-order valence-electron chi connectivity index (χ0n) is 16.1. The number of piperazine rings is 1. The minimum atomic E-state index is 0.196. The summed E-state index contributed by atoms with van der Waals surface area (Å²) in [4.78, 5) is 4.99. The monoisotopic (exact) mass is 354 g/mol. The number of anilines is 1. The summed E-state index contributed by atoms with van der Waals surface area (Å²) in [7, 11) is 1.71. The van der Waals surface area contributed by atoms with Crippen LogP contribution in [0.4, 0.5) is 5.69 Å². The molecule has 0 unspecified atom stereocenters. The van der Waals surface area contributed by atoms with Gasteiger partial charge < -0.3 is 14.4 Å². The normalized spacial score (nSPS) is 15.3. The molecule has 140 valence electrons. The number of methoxy groups -OCH3 is 1. The minimum Gasteiger partial charge on any atom is -0.497 e. The summed E-state index contributed by atoms with van der Waals surface area (Å²) in [5, 5.41) is 0. The van der Waals surface area contributed by atoms with Gasteiger partial charge in [0, 0.05) is 32.7 Å². The molecular formula is C22H30N2O2. The summed E-state index contributed by atoms with van der Waals surface area (Å²) >= 11 is 0. The molecule has 26 heavy (non-hydrogen) atoms. The van der Waals surface area contributed by atoms with E-state index in [2.05, 4.69) is 54.0 Å². The number of nitrogens with zero attached hydrogens (tertiary/aromatic N) is 2. The van der Waals surface area contributed by atoms with Crippen LogP contribution in [-0.4, -0.2) is 50.8 Å². The molecule has 2 aromatic carbocycles. The average molecular weight is 354 g/mol. The van der Waals surface area contributed by atoms with Gasteiger partial charge in [-0.1, -0.05) is 24.3 Å². The fourth-order valence-electron chi connectivity index (χ4n) is 3.36. The minimum absolute atomic E-state index is 0.196. The second-order valence-electron chi connectivity index (χ2n) is 7.06. The first-order valence-corrected chi connectivity index (χ1v) is 9.51. The third-order valence-corrected chi connectivity index (χ3v) is 4.82. The van der Waals surface area contributed by atoms with E-state index in [4.69, 9.17) is 9.47 Å². The van der Waals surface area contributed by atoms with Crippen molar-refractivity contribution < 1.29 is 9.47 Å². The molecule has 1 heterocycles. The molecule has 0 aliphatic carbocycles. The molecular weight excluding hydrogens is 324 g/mol. The second-order valence-corrected chi connectivity index (χ2v) is 7.06. The molecule has 1 fully saturated rings. The van der Waals surface area contributed by atoms with Crippen LogP contribution in [0.5, 0.6) is 11.5 Å². The molecule has 0 atom stereocenters. The highest BCUT2D eigenvalue weighted by Crippen LogP contribution is 2.29. The van der Waals surface area contributed by atoms with Crippen LogP contribution in [-0.2, 0) is 6.42 Å². The van der Waals surface area contributed by atoms with E-state index in [-0.39, 0.29) is 6.10 Å². The number of hydrogen-bond donors (Lipinski definition) is 0. The summed E-state index contributed by atoms with van der Waals surface area (Å²) < 4.78 is 11.2. The van der Waals surface area contributed by atoms with Crippen LogP contribution in [0.1, 0.15) is 19.4 Å². The van der Waals surface area contributed by atoms with Crippen LogP contribution in [0.25, 0.3) is 0 Å². The molecule has 4 heteroatoms. The highest BCUT2D eigenvalue weighted by Gasteiger charge is 2.19. The molecule has 0 spiro atoms. The molecule has 4 nitrogen and oxygen atoms in total. The Morgan fingerprint density at radius 1 is 0.923 bits per heavy atom. The highest BCUT2D eigenvalue weighted by molar-refractivity contribution is 5.58. The fraction of sp³-hybridized carbons (Fsp3) is 0.455. The summed E-state index contributed by atoms with van der Waals surface area (Å²) in [6, 6.07) is 16.8. The maximum absolute atomic E-state index is 5.98. The SMILES string of the molecule is COc1ccc(CCN2CCN(c3ccccc3OC(C)C)CC2)cc1. The lowest BCUT2D eigenvalue weighted by molar-refractivity contribution is 0.238. The predicted molar refractivity (Wildman–Crippen MR) is 108 cm³/mol. The molecule has 0 aromatic heterocycles. The summed E-state index contributed by atoms with van der Waals surface area (Å²) in [6.45, 7) is 9.52. The molecule has 1 aliphatic heterocycles. The van der Waals surface area contributed by atoms with Gasteiger partial charge in [-0.15, -0.1) is 0 Å². The standard InChI is InChI=1S/C22H30N2O2/c1-18(2)26-22-7-5-4-6-21(22)24-16-14-23(15-17-24)13-12-19-8-10-20(25-3)11-9-19/h4-11,18H,12-17H2,1-3H3. The summed E-state index contributed by atoms with van der Waals surface area (Å²) in [6.07, 6.45) is 1.28. The van der Waals surface area contributed by atoms with E-state index in [1.165, 1.54) is 11.3 Å². The smallest absolute Gasteiger partial charge is 0.142 e. The van der Waals surface area contributed by atoms with Crippen molar-refractivity contribution in [2.75, 3.05) is 44.7 Å². The maximum Gasteiger partial charge on any atom is 0.142 e. The van der Waals surface area contributed by atoms with E-state index in [1.54, 1.807) is 7.11 Å². The van der Waals surface area contributed by atoms with Crippen molar-refractivity contribution in [1.29, 1.82) is 0 Å². The van der Waals surface area contributed by atoms with Crippen molar-refractivity contribution in [3.05, 3.63) is 54.1 Å². The van der Waals surface area contributed by atoms with Crippen LogP contribution in [0.3, 0.4) is 0 Å². The molecule has 3 rings (SSSR count). The van der Waals surface area contributed by atoms with Gasteiger partial charge in [-0.25, -0.2) is 0 Å². The van der Waals surface area contributed by atoms with E-state index in [1.807, 2.05) is 18.2 Å². The molecule has 0 N–H and O–H groups in total. The van der Waals surface area contributed by atoms with E-state index in [0.29, 0.717) is 0 Å². The zero-order valence-corrected chi connectivity index (χ0v) is 16.1. The maximum atomic E-state index is 5.98. The Hall–Kier alpha value is -2.20. The lowest BCUT2D eigenvalue weighted by Crippen LogP contribution is -2.47. The fourth-order valence-corrected chi connectivity index (χ4v) is 3.36. The topological polar surface area (TPSA) is 24.9 Å². The van der Waals surface area contributed by atoms with Gasteiger partial charge >= 0.3 is 0 Å². The molecule has 1 saturated heterocycles.